The molecule has 1 aliphatic carbocycles. The highest BCUT2D eigenvalue weighted by Gasteiger charge is 2.30. The number of nitrogens with one attached hydrogen (secondary N) is 1. The van der Waals surface area contributed by atoms with Crippen LogP contribution >= 0.6 is 0 Å². The average Bonchev–Trinajstić information content (AvgIpc) is 2.53. The summed E-state index contributed by atoms with van der Waals surface area (Å²) in [7, 11) is 0. The van der Waals surface area contributed by atoms with Crippen molar-refractivity contribution < 1.29 is 19.4 Å². The van der Waals surface area contributed by atoms with E-state index >= 15 is 0 Å². The molecule has 1 aromatic rings. The number of ether oxygens (including phenoxy) is 1. The molecule has 2 atom stereocenters. The van der Waals surface area contributed by atoms with Crippen LogP contribution in [0.3, 0.4) is 0 Å². The van der Waals surface area contributed by atoms with E-state index in [-0.39, 0.29) is 17.7 Å². The first-order chi connectivity index (χ1) is 11.0. The maximum atomic E-state index is 12.2. The summed E-state index contributed by atoms with van der Waals surface area (Å²) in [6, 6.07) is 5.98. The highest BCUT2D eigenvalue weighted by molar-refractivity contribution is 5.80. The largest absolute Gasteiger partial charge is 0.491 e. The lowest BCUT2D eigenvalue weighted by molar-refractivity contribution is -0.144. The summed E-state index contributed by atoms with van der Waals surface area (Å²) in [5.74, 6) is -0.553. The lowest BCUT2D eigenvalue weighted by Crippen LogP contribution is -2.37. The van der Waals surface area contributed by atoms with E-state index in [1.165, 1.54) is 0 Å². The molecular weight excluding hydrogens is 294 g/mol. The molecule has 0 bridgehead atoms. The molecule has 126 valence electrons. The maximum Gasteiger partial charge on any atom is 0.306 e. The Balaban J connectivity index is 1.76. The van der Waals surface area contributed by atoms with Gasteiger partial charge in [0.05, 0.1) is 12.5 Å². The van der Waals surface area contributed by atoms with Gasteiger partial charge in [-0.15, -0.1) is 0 Å². The van der Waals surface area contributed by atoms with E-state index in [4.69, 9.17) is 9.84 Å². The van der Waals surface area contributed by atoms with Crippen LogP contribution < -0.4 is 10.1 Å². The molecule has 0 spiro atoms. The fourth-order valence-corrected chi connectivity index (χ4v) is 3.15. The molecule has 2 rings (SSSR count). The number of aryl methyl sites for hydroxylation is 2. The third-order valence-corrected chi connectivity index (χ3v) is 4.45. The van der Waals surface area contributed by atoms with E-state index in [9.17, 15) is 9.59 Å². The van der Waals surface area contributed by atoms with Crippen LogP contribution in [0.1, 0.15) is 36.8 Å². The summed E-state index contributed by atoms with van der Waals surface area (Å²) < 4.78 is 5.76. The Morgan fingerprint density at radius 1 is 1.22 bits per heavy atom. The first-order valence-corrected chi connectivity index (χ1v) is 8.18. The molecule has 2 N–H and O–H groups in total. The van der Waals surface area contributed by atoms with Gasteiger partial charge in [0.25, 0.3) is 0 Å². The van der Waals surface area contributed by atoms with E-state index in [0.29, 0.717) is 26.0 Å². The zero-order chi connectivity index (χ0) is 16.8. The molecule has 0 aromatic heterocycles. The third kappa shape index (κ3) is 4.71. The molecule has 1 aromatic carbocycles. The van der Waals surface area contributed by atoms with Crippen molar-refractivity contribution in [3.8, 4) is 5.75 Å². The standard InChI is InChI=1S/C18H25NO4/c1-12-5-3-6-13(2)16(12)23-10-9-19-17(20)14-7-4-8-15(11-14)18(21)22/h3,5-6,14-15H,4,7-11H2,1-2H3,(H,19,20)(H,21,22). The Hall–Kier alpha value is -2.04. The van der Waals surface area contributed by atoms with Crippen molar-refractivity contribution in [1.29, 1.82) is 0 Å². The average molecular weight is 319 g/mol. The summed E-state index contributed by atoms with van der Waals surface area (Å²) >= 11 is 0. The Bertz CT molecular complexity index is 550. The molecular formula is C18H25NO4. The van der Waals surface area contributed by atoms with Gasteiger partial charge in [0.1, 0.15) is 12.4 Å². The number of aliphatic carboxylic acids is 1. The van der Waals surface area contributed by atoms with Crippen LogP contribution in [-0.4, -0.2) is 30.1 Å². The number of hydrogen-bond acceptors (Lipinski definition) is 3. The fourth-order valence-electron chi connectivity index (χ4n) is 3.15. The van der Waals surface area contributed by atoms with Gasteiger partial charge in [-0.1, -0.05) is 24.6 Å². The van der Waals surface area contributed by atoms with Crippen LogP contribution in [-0.2, 0) is 9.59 Å². The summed E-state index contributed by atoms with van der Waals surface area (Å²) in [5, 5.41) is 11.9. The molecule has 1 fully saturated rings. The number of carbonyl (C=O) groups is 2. The zero-order valence-corrected chi connectivity index (χ0v) is 13.8. The second kappa shape index (κ2) is 7.99. The highest BCUT2D eigenvalue weighted by atomic mass is 16.5. The first kappa shape index (κ1) is 17.3. The number of amides is 1. The highest BCUT2D eigenvalue weighted by Crippen LogP contribution is 2.29. The Kier molecular flexibility index (Phi) is 6.02. The van der Waals surface area contributed by atoms with Gasteiger partial charge in [-0.25, -0.2) is 0 Å². The van der Waals surface area contributed by atoms with Gasteiger partial charge in [-0.2, -0.15) is 0 Å². The normalized spacial score (nSPS) is 20.8. The second-order valence-electron chi connectivity index (χ2n) is 6.26. The number of rotatable bonds is 6. The molecule has 1 amide bonds. The number of carboxylic acids is 1. The van der Waals surface area contributed by atoms with Crippen molar-refractivity contribution >= 4 is 11.9 Å². The van der Waals surface area contributed by atoms with Crippen molar-refractivity contribution in [2.24, 2.45) is 11.8 Å². The monoisotopic (exact) mass is 319 g/mol. The lowest BCUT2D eigenvalue weighted by atomic mass is 9.81. The van der Waals surface area contributed by atoms with Gasteiger partial charge in [0.2, 0.25) is 5.91 Å². The molecule has 0 saturated heterocycles. The number of hydrogen-bond donors (Lipinski definition) is 2. The molecule has 0 heterocycles. The van der Waals surface area contributed by atoms with Gasteiger partial charge >= 0.3 is 5.97 Å². The molecule has 0 radical (unpaired) electrons. The molecule has 1 aliphatic rings. The van der Waals surface area contributed by atoms with Crippen molar-refractivity contribution in [3.63, 3.8) is 0 Å². The van der Waals surface area contributed by atoms with Gasteiger partial charge in [0, 0.05) is 5.92 Å². The van der Waals surface area contributed by atoms with Crippen molar-refractivity contribution in [2.75, 3.05) is 13.2 Å². The summed E-state index contributed by atoms with van der Waals surface area (Å²) in [5.41, 5.74) is 2.15. The van der Waals surface area contributed by atoms with Crippen molar-refractivity contribution in [2.45, 2.75) is 39.5 Å². The van der Waals surface area contributed by atoms with Gasteiger partial charge in [-0.3, -0.25) is 9.59 Å². The Morgan fingerprint density at radius 3 is 2.52 bits per heavy atom. The summed E-state index contributed by atoms with van der Waals surface area (Å²) in [6.45, 7) is 4.83. The predicted molar refractivity (Wildman–Crippen MR) is 87.5 cm³/mol. The quantitative estimate of drug-likeness (QED) is 0.791. The third-order valence-electron chi connectivity index (χ3n) is 4.45. The fraction of sp³-hybridized carbons (Fsp3) is 0.556. The minimum absolute atomic E-state index is 0.0546. The van der Waals surface area contributed by atoms with Crippen LogP contribution in [0.25, 0.3) is 0 Å². The molecule has 5 heteroatoms. The minimum Gasteiger partial charge on any atom is -0.491 e. The van der Waals surface area contributed by atoms with E-state index < -0.39 is 5.97 Å². The van der Waals surface area contributed by atoms with E-state index in [1.807, 2.05) is 32.0 Å². The Labute approximate surface area is 137 Å². The number of para-hydroxylation sites is 1. The summed E-state index contributed by atoms with van der Waals surface area (Å²) in [6.07, 6.45) is 2.69. The SMILES string of the molecule is Cc1cccc(C)c1OCCNC(=O)C1CCCC(C(=O)O)C1. The Morgan fingerprint density at radius 2 is 1.87 bits per heavy atom. The van der Waals surface area contributed by atoms with Gasteiger partial charge < -0.3 is 15.2 Å². The molecule has 1 saturated carbocycles. The van der Waals surface area contributed by atoms with Crippen molar-refractivity contribution in [1.82, 2.24) is 5.32 Å². The smallest absolute Gasteiger partial charge is 0.306 e. The second-order valence-corrected chi connectivity index (χ2v) is 6.26. The first-order valence-electron chi connectivity index (χ1n) is 8.18. The minimum atomic E-state index is -0.791. The molecule has 0 aliphatic heterocycles. The number of carbonyl (C=O) groups excluding carboxylic acids is 1. The molecule has 23 heavy (non-hydrogen) atoms. The van der Waals surface area contributed by atoms with Crippen LogP contribution in [0.4, 0.5) is 0 Å². The van der Waals surface area contributed by atoms with E-state index in [2.05, 4.69) is 5.32 Å². The number of benzene rings is 1. The topological polar surface area (TPSA) is 75.6 Å². The summed E-state index contributed by atoms with van der Waals surface area (Å²) in [4.78, 5) is 23.2. The zero-order valence-electron chi connectivity index (χ0n) is 13.8. The molecule has 5 nitrogen and oxygen atoms in total. The molecule has 2 unspecified atom stereocenters. The van der Waals surface area contributed by atoms with Crippen molar-refractivity contribution in [3.05, 3.63) is 29.3 Å². The van der Waals surface area contributed by atoms with Crippen LogP contribution in [0.5, 0.6) is 5.75 Å². The van der Waals surface area contributed by atoms with Gasteiger partial charge in [-0.05, 0) is 44.2 Å². The maximum absolute atomic E-state index is 12.2. The lowest BCUT2D eigenvalue weighted by Gasteiger charge is -2.25. The number of carboxylic acid groups (broad SMARTS) is 1. The van der Waals surface area contributed by atoms with Crippen LogP contribution in [0, 0.1) is 25.7 Å². The van der Waals surface area contributed by atoms with E-state index in [1.54, 1.807) is 0 Å². The van der Waals surface area contributed by atoms with Gasteiger partial charge in [0.15, 0.2) is 0 Å². The van der Waals surface area contributed by atoms with Crippen LogP contribution in [0.2, 0.25) is 0 Å². The predicted octanol–water partition coefficient (Wildman–Crippen LogP) is 2.69. The van der Waals surface area contributed by atoms with Crippen LogP contribution in [0.15, 0.2) is 18.2 Å². The van der Waals surface area contributed by atoms with E-state index in [0.717, 1.165) is 29.7 Å².